The lowest BCUT2D eigenvalue weighted by Crippen LogP contribution is -2.44. The van der Waals surface area contributed by atoms with Gasteiger partial charge in [0.15, 0.2) is 0 Å². The molecule has 37 heavy (non-hydrogen) atoms. The second-order valence-corrected chi connectivity index (χ2v) is 10.5. The van der Waals surface area contributed by atoms with Crippen molar-refractivity contribution in [1.29, 1.82) is 0 Å². The zero-order valence-corrected chi connectivity index (χ0v) is 21.2. The highest BCUT2D eigenvalue weighted by Crippen LogP contribution is 2.32. The monoisotopic (exact) mass is 502 g/mol. The number of rotatable bonds is 8. The summed E-state index contributed by atoms with van der Waals surface area (Å²) in [4.78, 5) is 54.0. The van der Waals surface area contributed by atoms with E-state index in [-0.39, 0.29) is 41.9 Å². The van der Waals surface area contributed by atoms with Gasteiger partial charge in [0.25, 0.3) is 5.91 Å². The number of nitrogens with zero attached hydrogens (tertiary/aromatic N) is 2. The molecule has 1 saturated heterocycles. The van der Waals surface area contributed by atoms with Crippen LogP contribution in [-0.2, 0) is 20.8 Å². The van der Waals surface area contributed by atoms with E-state index in [0.717, 1.165) is 50.6 Å². The average molecular weight is 503 g/mol. The standard InChI is InChI=1S/C29H34N4O4/c1-32(25-13-14-25)28(36)21-4-2-6-24(17-21)30-26(34)16-19-7-11-23(12-8-19)31-27(35)22-5-3-15-33(18-22)29(37)20-9-10-20/h2,4,6-8,11-12,17,20,22,25H,3,5,9-10,13-16,18H2,1H3,(H,30,34)(H,31,35). The van der Waals surface area contributed by atoms with Gasteiger partial charge in [0.2, 0.25) is 17.7 Å². The van der Waals surface area contributed by atoms with Crippen LogP contribution in [0.5, 0.6) is 0 Å². The third kappa shape index (κ3) is 6.37. The molecule has 0 bridgehead atoms. The minimum Gasteiger partial charge on any atom is -0.342 e. The summed E-state index contributed by atoms with van der Waals surface area (Å²) in [6.45, 7) is 1.23. The average Bonchev–Trinajstić information content (AvgIpc) is 3.82. The number of carbonyl (C=O) groups is 4. The van der Waals surface area contributed by atoms with Crippen molar-refractivity contribution in [3.8, 4) is 0 Å². The molecule has 8 nitrogen and oxygen atoms in total. The van der Waals surface area contributed by atoms with E-state index in [1.54, 1.807) is 41.3 Å². The van der Waals surface area contributed by atoms with Crippen LogP contribution in [0.4, 0.5) is 11.4 Å². The van der Waals surface area contributed by atoms with Crippen LogP contribution in [0, 0.1) is 11.8 Å². The van der Waals surface area contributed by atoms with Gasteiger partial charge >= 0.3 is 0 Å². The SMILES string of the molecule is CN(C(=O)c1cccc(NC(=O)Cc2ccc(NC(=O)C3CCCN(C(=O)C4CC4)C3)cc2)c1)C1CC1. The molecule has 3 aliphatic rings. The largest absolute Gasteiger partial charge is 0.342 e. The predicted molar refractivity (Wildman–Crippen MR) is 141 cm³/mol. The summed E-state index contributed by atoms with van der Waals surface area (Å²) >= 11 is 0. The fourth-order valence-corrected chi connectivity index (χ4v) is 4.88. The lowest BCUT2D eigenvalue weighted by Gasteiger charge is -2.32. The second-order valence-electron chi connectivity index (χ2n) is 10.5. The first-order chi connectivity index (χ1) is 17.9. The molecule has 1 atom stereocenters. The third-order valence-electron chi connectivity index (χ3n) is 7.42. The van der Waals surface area contributed by atoms with E-state index in [9.17, 15) is 19.2 Å². The molecule has 1 unspecified atom stereocenters. The van der Waals surface area contributed by atoms with Crippen LogP contribution in [0.25, 0.3) is 0 Å². The van der Waals surface area contributed by atoms with Crippen LogP contribution in [0.3, 0.4) is 0 Å². The Morgan fingerprint density at radius 2 is 1.65 bits per heavy atom. The van der Waals surface area contributed by atoms with E-state index in [1.165, 1.54) is 0 Å². The molecule has 5 rings (SSSR count). The van der Waals surface area contributed by atoms with Crippen LogP contribution < -0.4 is 10.6 Å². The number of amides is 4. The Hall–Kier alpha value is -3.68. The third-order valence-corrected chi connectivity index (χ3v) is 7.42. The van der Waals surface area contributed by atoms with Crippen molar-refractivity contribution in [3.63, 3.8) is 0 Å². The fraction of sp³-hybridized carbons (Fsp3) is 0.448. The van der Waals surface area contributed by atoms with Gasteiger partial charge in [-0.3, -0.25) is 19.2 Å². The highest BCUT2D eigenvalue weighted by molar-refractivity contribution is 5.98. The van der Waals surface area contributed by atoms with Crippen molar-refractivity contribution in [2.24, 2.45) is 11.8 Å². The molecule has 0 aromatic heterocycles. The lowest BCUT2D eigenvalue weighted by molar-refractivity contribution is -0.135. The van der Waals surface area contributed by atoms with Crippen LogP contribution in [0.1, 0.15) is 54.4 Å². The van der Waals surface area contributed by atoms with E-state index in [1.807, 2.05) is 24.1 Å². The van der Waals surface area contributed by atoms with Gasteiger partial charge in [-0.2, -0.15) is 0 Å². The van der Waals surface area contributed by atoms with Gasteiger partial charge < -0.3 is 20.4 Å². The number of piperidine rings is 1. The van der Waals surface area contributed by atoms with E-state index < -0.39 is 0 Å². The van der Waals surface area contributed by atoms with Gasteiger partial charge in [0, 0.05) is 49.0 Å². The topological polar surface area (TPSA) is 98.8 Å². The number of hydrogen-bond acceptors (Lipinski definition) is 4. The molecule has 8 heteroatoms. The Balaban J connectivity index is 1.11. The summed E-state index contributed by atoms with van der Waals surface area (Å²) in [5.41, 5.74) is 2.64. The van der Waals surface area contributed by atoms with E-state index in [0.29, 0.717) is 29.5 Å². The van der Waals surface area contributed by atoms with Crippen LogP contribution in [-0.4, -0.2) is 59.6 Å². The van der Waals surface area contributed by atoms with Crippen molar-refractivity contribution in [1.82, 2.24) is 9.80 Å². The van der Waals surface area contributed by atoms with Crippen molar-refractivity contribution in [2.45, 2.75) is 51.0 Å². The van der Waals surface area contributed by atoms with E-state index in [4.69, 9.17) is 0 Å². The number of carbonyl (C=O) groups excluding carboxylic acids is 4. The van der Waals surface area contributed by atoms with Gasteiger partial charge in [-0.15, -0.1) is 0 Å². The summed E-state index contributed by atoms with van der Waals surface area (Å²) in [5, 5.41) is 5.83. The Morgan fingerprint density at radius 1 is 0.892 bits per heavy atom. The maximum absolute atomic E-state index is 12.8. The highest BCUT2D eigenvalue weighted by Gasteiger charge is 2.36. The number of nitrogens with one attached hydrogen (secondary N) is 2. The maximum Gasteiger partial charge on any atom is 0.253 e. The van der Waals surface area contributed by atoms with Gasteiger partial charge in [0.1, 0.15) is 0 Å². The molecular formula is C29H34N4O4. The highest BCUT2D eigenvalue weighted by atomic mass is 16.2. The van der Waals surface area contributed by atoms with Crippen LogP contribution in [0.15, 0.2) is 48.5 Å². The number of anilines is 2. The zero-order chi connectivity index (χ0) is 25.9. The predicted octanol–water partition coefficient (Wildman–Crippen LogP) is 3.69. The van der Waals surface area contributed by atoms with Gasteiger partial charge in [-0.05, 0) is 74.4 Å². The molecule has 2 aliphatic carbocycles. The summed E-state index contributed by atoms with van der Waals surface area (Å²) in [6.07, 6.45) is 5.83. The minimum absolute atomic E-state index is 0.0355. The quantitative estimate of drug-likeness (QED) is 0.575. The van der Waals surface area contributed by atoms with Crippen molar-refractivity contribution < 1.29 is 19.2 Å². The molecule has 1 aliphatic heterocycles. The van der Waals surface area contributed by atoms with Gasteiger partial charge in [-0.25, -0.2) is 0 Å². The number of hydrogen-bond donors (Lipinski definition) is 2. The maximum atomic E-state index is 12.8. The number of likely N-dealkylation sites (tertiary alicyclic amines) is 1. The first-order valence-electron chi connectivity index (χ1n) is 13.2. The molecule has 3 fully saturated rings. The Kier molecular flexibility index (Phi) is 7.26. The molecule has 0 radical (unpaired) electrons. The molecule has 2 N–H and O–H groups in total. The Labute approximate surface area is 217 Å². The van der Waals surface area contributed by atoms with Crippen LogP contribution >= 0.6 is 0 Å². The summed E-state index contributed by atoms with van der Waals surface area (Å²) in [5.74, 6) is -0.114. The minimum atomic E-state index is -0.200. The molecule has 2 aromatic rings. The van der Waals surface area contributed by atoms with E-state index in [2.05, 4.69) is 10.6 Å². The molecule has 2 aromatic carbocycles. The molecule has 1 heterocycles. The first kappa shape index (κ1) is 25.0. The Bertz CT molecular complexity index is 1190. The molecule has 4 amide bonds. The molecular weight excluding hydrogens is 468 g/mol. The second kappa shape index (κ2) is 10.7. The van der Waals surface area contributed by atoms with Crippen molar-refractivity contribution in [2.75, 3.05) is 30.8 Å². The zero-order valence-electron chi connectivity index (χ0n) is 21.2. The fourth-order valence-electron chi connectivity index (χ4n) is 4.88. The Morgan fingerprint density at radius 3 is 2.35 bits per heavy atom. The number of benzene rings is 2. The van der Waals surface area contributed by atoms with Gasteiger partial charge in [0.05, 0.1) is 12.3 Å². The summed E-state index contributed by atoms with van der Waals surface area (Å²) in [6, 6.07) is 14.6. The van der Waals surface area contributed by atoms with E-state index >= 15 is 0 Å². The normalized spacial score (nSPS) is 19.2. The van der Waals surface area contributed by atoms with Gasteiger partial charge in [-0.1, -0.05) is 18.2 Å². The molecule has 0 spiro atoms. The van der Waals surface area contributed by atoms with Crippen molar-refractivity contribution in [3.05, 3.63) is 59.7 Å². The summed E-state index contributed by atoms with van der Waals surface area (Å²) in [7, 11) is 1.82. The van der Waals surface area contributed by atoms with Crippen LogP contribution in [0.2, 0.25) is 0 Å². The molecule has 2 saturated carbocycles. The lowest BCUT2D eigenvalue weighted by atomic mass is 9.96. The smallest absolute Gasteiger partial charge is 0.253 e. The first-order valence-corrected chi connectivity index (χ1v) is 13.2. The van der Waals surface area contributed by atoms with Crippen molar-refractivity contribution >= 4 is 35.0 Å². The summed E-state index contributed by atoms with van der Waals surface area (Å²) < 4.78 is 0. The molecule has 194 valence electrons.